The van der Waals surface area contributed by atoms with Crippen LogP contribution in [0.1, 0.15) is 5.56 Å². The number of nitrogens with one attached hydrogen (secondary N) is 1. The van der Waals surface area contributed by atoms with Crippen LogP contribution in [-0.2, 0) is 27.9 Å². The molecule has 1 N–H and O–H groups in total. The first-order valence-corrected chi connectivity index (χ1v) is 12.3. The highest BCUT2D eigenvalue weighted by atomic mass is 32.2. The second kappa shape index (κ2) is 11.2. The number of aromatic amines is 1. The molecule has 0 aliphatic rings. The van der Waals surface area contributed by atoms with Gasteiger partial charge in [0.25, 0.3) is 10.1 Å². The Hall–Kier alpha value is -2.03. The van der Waals surface area contributed by atoms with Crippen LogP contribution in [0.3, 0.4) is 0 Å². The standard InChI is InChI=1S/C14H12N2.C3H9O3P.C2H6O3S/c1-10-7-8-12-13(9-10)16-14(15-12)11-5-3-2-4-6-11;1-5-7(3,4)6-2;1-5-6(2,3)4/h2-9H,1H3,(H,15,16);1-3H3;1-2H3. The third-order valence-electron chi connectivity index (χ3n) is 3.65. The maximum Gasteiger partial charge on any atom is 0.327 e. The number of aryl methyl sites for hydroxylation is 1. The Bertz CT molecular complexity index is 1040. The van der Waals surface area contributed by atoms with Gasteiger partial charge in [0.1, 0.15) is 5.82 Å². The van der Waals surface area contributed by atoms with Crippen LogP contribution < -0.4 is 0 Å². The minimum atomic E-state index is -3.16. The fraction of sp³-hybridized carbons (Fsp3) is 0.316. The molecule has 1 aromatic heterocycles. The van der Waals surface area contributed by atoms with Crippen LogP contribution in [0.15, 0.2) is 48.5 Å². The predicted molar refractivity (Wildman–Crippen MR) is 116 cm³/mol. The molecule has 2 aromatic carbocycles. The van der Waals surface area contributed by atoms with Crippen molar-refractivity contribution in [1.29, 1.82) is 0 Å². The summed E-state index contributed by atoms with van der Waals surface area (Å²) in [7, 11) is -1.99. The van der Waals surface area contributed by atoms with E-state index in [-0.39, 0.29) is 0 Å². The van der Waals surface area contributed by atoms with Gasteiger partial charge in [0.15, 0.2) is 0 Å². The molecule has 0 aliphatic carbocycles. The lowest BCUT2D eigenvalue weighted by Crippen LogP contribution is -1.95. The van der Waals surface area contributed by atoms with E-state index in [0.717, 1.165) is 35.8 Å². The average molecular weight is 442 g/mol. The van der Waals surface area contributed by atoms with Crippen LogP contribution in [0.2, 0.25) is 0 Å². The fourth-order valence-electron chi connectivity index (χ4n) is 1.93. The van der Waals surface area contributed by atoms with Gasteiger partial charge in [-0.05, 0) is 24.6 Å². The summed E-state index contributed by atoms with van der Waals surface area (Å²) >= 11 is 0. The van der Waals surface area contributed by atoms with Crippen molar-refractivity contribution in [2.75, 3.05) is 34.2 Å². The highest BCUT2D eigenvalue weighted by Gasteiger charge is 2.09. The van der Waals surface area contributed by atoms with Crippen LogP contribution in [0, 0.1) is 6.92 Å². The van der Waals surface area contributed by atoms with E-state index in [2.05, 4.69) is 54.4 Å². The highest BCUT2D eigenvalue weighted by molar-refractivity contribution is 7.85. The Morgan fingerprint density at radius 3 is 2.00 bits per heavy atom. The first kappa shape index (κ1) is 25.0. The van der Waals surface area contributed by atoms with E-state index >= 15 is 0 Å². The molecule has 0 radical (unpaired) electrons. The van der Waals surface area contributed by atoms with Crippen molar-refractivity contribution in [3.63, 3.8) is 0 Å². The molecular formula is C19H27N2O6PS. The number of H-pyrrole nitrogens is 1. The molecule has 0 atom stereocenters. The summed E-state index contributed by atoms with van der Waals surface area (Å²) < 4.78 is 42.8. The van der Waals surface area contributed by atoms with E-state index < -0.39 is 17.7 Å². The van der Waals surface area contributed by atoms with E-state index in [9.17, 15) is 13.0 Å². The van der Waals surface area contributed by atoms with Gasteiger partial charge in [-0.1, -0.05) is 36.4 Å². The van der Waals surface area contributed by atoms with Gasteiger partial charge in [-0.3, -0.25) is 8.75 Å². The monoisotopic (exact) mass is 442 g/mol. The van der Waals surface area contributed by atoms with Crippen molar-refractivity contribution in [2.45, 2.75) is 6.92 Å². The lowest BCUT2D eigenvalue weighted by atomic mass is 10.2. The van der Waals surface area contributed by atoms with Gasteiger partial charge in [-0.25, -0.2) is 4.98 Å². The molecule has 0 unspecified atom stereocenters. The van der Waals surface area contributed by atoms with E-state index in [1.807, 2.05) is 24.3 Å². The second-order valence-corrected chi connectivity index (χ2v) is 9.99. The van der Waals surface area contributed by atoms with Gasteiger partial charge in [-0.2, -0.15) is 8.42 Å². The molecule has 10 heteroatoms. The number of nitrogens with zero attached hydrogens (tertiary/aromatic N) is 1. The van der Waals surface area contributed by atoms with Gasteiger partial charge in [-0.15, -0.1) is 0 Å². The zero-order valence-electron chi connectivity index (χ0n) is 17.4. The Morgan fingerprint density at radius 2 is 1.55 bits per heavy atom. The van der Waals surface area contributed by atoms with Gasteiger partial charge >= 0.3 is 7.60 Å². The maximum absolute atomic E-state index is 10.5. The van der Waals surface area contributed by atoms with Crippen LogP contribution in [0.25, 0.3) is 22.4 Å². The molecule has 160 valence electrons. The summed E-state index contributed by atoms with van der Waals surface area (Å²) in [6.07, 6.45) is 0.993. The molecule has 0 saturated carbocycles. The molecule has 8 nitrogen and oxygen atoms in total. The second-order valence-electron chi connectivity index (χ2n) is 5.98. The zero-order chi connectivity index (χ0) is 22.1. The molecule has 1 heterocycles. The molecule has 0 aliphatic heterocycles. The molecule has 0 bridgehead atoms. The molecular weight excluding hydrogens is 415 g/mol. The number of imidazole rings is 1. The minimum absolute atomic E-state index is 0.932. The number of hydrogen-bond acceptors (Lipinski definition) is 7. The lowest BCUT2D eigenvalue weighted by Gasteiger charge is -2.04. The molecule has 29 heavy (non-hydrogen) atoms. The summed E-state index contributed by atoms with van der Waals surface area (Å²) in [6, 6.07) is 16.4. The SMILES string of the molecule is COP(C)(=O)OC.COS(C)(=O)=O.Cc1ccc2nc(-c3ccccc3)[nH]c2c1. The van der Waals surface area contributed by atoms with Gasteiger partial charge < -0.3 is 14.0 Å². The average Bonchev–Trinajstić information content (AvgIpc) is 3.12. The van der Waals surface area contributed by atoms with Crippen LogP contribution in [0.5, 0.6) is 0 Å². The van der Waals surface area contributed by atoms with E-state index in [0.29, 0.717) is 0 Å². The van der Waals surface area contributed by atoms with Crippen LogP contribution in [0.4, 0.5) is 0 Å². The molecule has 0 spiro atoms. The Kier molecular flexibility index (Phi) is 9.68. The van der Waals surface area contributed by atoms with Gasteiger partial charge in [0, 0.05) is 26.4 Å². The molecule has 3 aromatic rings. The first-order valence-electron chi connectivity index (χ1n) is 8.47. The van der Waals surface area contributed by atoms with Crippen molar-refractivity contribution in [3.8, 4) is 11.4 Å². The summed E-state index contributed by atoms with van der Waals surface area (Å²) in [6.45, 7) is 3.50. The molecule has 0 saturated heterocycles. The Balaban J connectivity index is 0.000000272. The normalized spacial score (nSPS) is 11.2. The number of fused-ring (bicyclic) bond motifs is 1. The third-order valence-corrected chi connectivity index (χ3v) is 5.58. The summed E-state index contributed by atoms with van der Waals surface area (Å²) in [5.41, 5.74) is 4.48. The van der Waals surface area contributed by atoms with Crippen molar-refractivity contribution >= 4 is 28.7 Å². The first-order chi connectivity index (χ1) is 13.5. The maximum atomic E-state index is 10.5. The van der Waals surface area contributed by atoms with Crippen molar-refractivity contribution in [1.82, 2.24) is 9.97 Å². The number of rotatable bonds is 4. The number of hydrogen-bond donors (Lipinski definition) is 1. The van der Waals surface area contributed by atoms with Crippen LogP contribution in [-0.4, -0.2) is 52.6 Å². The number of benzene rings is 2. The van der Waals surface area contributed by atoms with Gasteiger partial charge in [0.05, 0.1) is 24.4 Å². The predicted octanol–water partition coefficient (Wildman–Crippen LogP) is 4.23. The van der Waals surface area contributed by atoms with E-state index in [1.165, 1.54) is 26.4 Å². The van der Waals surface area contributed by atoms with Crippen molar-refractivity contribution < 1.29 is 26.2 Å². The Labute approximate surface area is 171 Å². The van der Waals surface area contributed by atoms with E-state index in [1.54, 1.807) is 0 Å². The molecule has 0 amide bonds. The van der Waals surface area contributed by atoms with Crippen LogP contribution >= 0.6 is 7.60 Å². The number of aromatic nitrogens is 2. The third kappa shape index (κ3) is 9.34. The molecule has 3 rings (SSSR count). The minimum Gasteiger partial charge on any atom is -0.338 e. The van der Waals surface area contributed by atoms with E-state index in [4.69, 9.17) is 0 Å². The zero-order valence-corrected chi connectivity index (χ0v) is 19.1. The summed E-state index contributed by atoms with van der Waals surface area (Å²) in [4.78, 5) is 7.91. The summed E-state index contributed by atoms with van der Waals surface area (Å²) in [5, 5.41) is 0. The summed E-state index contributed by atoms with van der Waals surface area (Å²) in [5.74, 6) is 0.932. The lowest BCUT2D eigenvalue weighted by molar-refractivity contribution is 0.282. The van der Waals surface area contributed by atoms with Crippen molar-refractivity contribution in [2.24, 2.45) is 0 Å². The smallest absolute Gasteiger partial charge is 0.327 e. The molecule has 0 fully saturated rings. The Morgan fingerprint density at radius 1 is 1.00 bits per heavy atom. The topological polar surface area (TPSA) is 108 Å². The highest BCUT2D eigenvalue weighted by Crippen LogP contribution is 2.40. The fourth-order valence-corrected chi connectivity index (χ4v) is 2.08. The van der Waals surface area contributed by atoms with Gasteiger partial charge in [0.2, 0.25) is 0 Å². The quantitative estimate of drug-likeness (QED) is 0.476. The van der Waals surface area contributed by atoms with Crippen molar-refractivity contribution in [3.05, 3.63) is 54.1 Å². The largest absolute Gasteiger partial charge is 0.338 e.